The van der Waals surface area contributed by atoms with Crippen LogP contribution in [0.1, 0.15) is 51.4 Å². The fraction of sp³-hybridized carbons (Fsp3) is 0.273. The molecule has 304 valence electrons. The molecule has 0 radical (unpaired) electrons. The lowest BCUT2D eigenvalue weighted by molar-refractivity contribution is 0.116. The van der Waals surface area contributed by atoms with E-state index in [4.69, 9.17) is 16.3 Å². The van der Waals surface area contributed by atoms with Gasteiger partial charge in [0.1, 0.15) is 28.9 Å². The molecule has 0 spiro atoms. The quantitative estimate of drug-likeness (QED) is 0.110. The van der Waals surface area contributed by atoms with Crippen molar-refractivity contribution in [1.82, 2.24) is 19.9 Å². The number of thiazole rings is 2. The van der Waals surface area contributed by atoms with E-state index in [2.05, 4.69) is 30.6 Å². The molecule has 59 heavy (non-hydrogen) atoms. The second kappa shape index (κ2) is 18.3. The van der Waals surface area contributed by atoms with Crippen LogP contribution in [0.2, 0.25) is 5.02 Å². The molecule has 5 N–H and O–H groups in total. The Morgan fingerprint density at radius 2 is 1.14 bits per heavy atom. The van der Waals surface area contributed by atoms with Crippen LogP contribution < -0.4 is 15.4 Å². The van der Waals surface area contributed by atoms with E-state index in [9.17, 15) is 24.1 Å². The standard InChI is InChI=1S/C22H20FN3O2S.C13H16N2O2S.C9H5ClFN/c23-13-5-7-16-15(11-13)20(9-10-24-16)28-14-6-8-18-21(12-14)29-22(26-18)25-17-3-1-2-4-19(17)27;16-8-5-6-10-12(7-8)18-13(15-10)14-9-3-1-2-4-11(9)17;10-8-3-4-12-9-2-1-6(11)5-7(8)9/h5-12,17,19,27H,1-4H2,(H,25,26);5-7,9,11,16-17H,1-4H2,(H,14,15);1-5H/t17-,19-;9-,11-;/m11./s1. The molecule has 2 saturated carbocycles. The first kappa shape index (κ1) is 40.5. The van der Waals surface area contributed by atoms with Gasteiger partial charge in [-0.2, -0.15) is 0 Å². The number of phenolic OH excluding ortho intramolecular Hbond substituents is 1. The second-order valence-electron chi connectivity index (χ2n) is 14.6. The van der Waals surface area contributed by atoms with E-state index in [-0.39, 0.29) is 41.7 Å². The lowest BCUT2D eigenvalue weighted by atomic mass is 9.93. The molecule has 0 aliphatic heterocycles. The van der Waals surface area contributed by atoms with Crippen LogP contribution in [0.5, 0.6) is 17.2 Å². The summed E-state index contributed by atoms with van der Waals surface area (Å²) >= 11 is 8.87. The molecule has 2 aliphatic carbocycles. The van der Waals surface area contributed by atoms with Gasteiger partial charge >= 0.3 is 0 Å². The molecule has 4 aromatic carbocycles. The summed E-state index contributed by atoms with van der Waals surface area (Å²) in [6, 6.07) is 23.2. The van der Waals surface area contributed by atoms with Crippen molar-refractivity contribution >= 4 is 86.8 Å². The van der Waals surface area contributed by atoms with Gasteiger partial charge in [0.05, 0.1) is 60.8 Å². The van der Waals surface area contributed by atoms with E-state index >= 15 is 0 Å². The Morgan fingerprint density at radius 1 is 0.610 bits per heavy atom. The number of pyridine rings is 2. The number of fused-ring (bicyclic) bond motifs is 4. The number of hydrogen-bond acceptors (Lipinski definition) is 12. The maximum Gasteiger partial charge on any atom is 0.184 e. The number of benzene rings is 4. The summed E-state index contributed by atoms with van der Waals surface area (Å²) in [5.41, 5.74) is 3.15. The molecular formula is C44H41ClF2N6O4S2. The molecule has 4 atom stereocenters. The van der Waals surface area contributed by atoms with Crippen LogP contribution >= 0.6 is 34.3 Å². The Balaban J connectivity index is 0.000000137. The fourth-order valence-corrected chi connectivity index (χ4v) is 9.40. The van der Waals surface area contributed by atoms with E-state index < -0.39 is 0 Å². The summed E-state index contributed by atoms with van der Waals surface area (Å²) in [6.45, 7) is 0. The molecule has 8 aromatic rings. The van der Waals surface area contributed by atoms with Crippen LogP contribution in [0, 0.1) is 11.6 Å². The van der Waals surface area contributed by atoms with Crippen molar-refractivity contribution in [2.24, 2.45) is 0 Å². The van der Waals surface area contributed by atoms with Gasteiger partial charge in [-0.25, -0.2) is 18.7 Å². The highest BCUT2D eigenvalue weighted by Gasteiger charge is 2.25. The Bertz CT molecular complexity index is 2720. The predicted molar refractivity (Wildman–Crippen MR) is 233 cm³/mol. The minimum Gasteiger partial charge on any atom is -0.508 e. The van der Waals surface area contributed by atoms with Gasteiger partial charge in [0.15, 0.2) is 10.3 Å². The Labute approximate surface area is 351 Å². The molecule has 15 heteroatoms. The van der Waals surface area contributed by atoms with Gasteiger partial charge in [-0.15, -0.1) is 0 Å². The number of nitrogens with one attached hydrogen (secondary N) is 2. The third-order valence-corrected chi connectivity index (χ3v) is 12.6. The number of hydrogen-bond donors (Lipinski definition) is 5. The lowest BCUT2D eigenvalue weighted by Gasteiger charge is -2.27. The average molecular weight is 855 g/mol. The highest BCUT2D eigenvalue weighted by atomic mass is 35.5. The largest absolute Gasteiger partial charge is 0.508 e. The van der Waals surface area contributed by atoms with Crippen molar-refractivity contribution in [3.05, 3.63) is 114 Å². The van der Waals surface area contributed by atoms with Crippen molar-refractivity contribution in [1.29, 1.82) is 0 Å². The van der Waals surface area contributed by atoms with E-state index in [1.807, 2.05) is 24.3 Å². The molecule has 0 saturated heterocycles. The first-order valence-electron chi connectivity index (χ1n) is 19.5. The van der Waals surface area contributed by atoms with Crippen molar-refractivity contribution in [2.75, 3.05) is 10.6 Å². The summed E-state index contributed by atoms with van der Waals surface area (Å²) in [7, 11) is 0. The number of phenols is 1. The number of nitrogens with zero attached hydrogens (tertiary/aromatic N) is 4. The summed E-state index contributed by atoms with van der Waals surface area (Å²) in [5.74, 6) is 0.853. The van der Waals surface area contributed by atoms with Gasteiger partial charge < -0.3 is 30.7 Å². The third kappa shape index (κ3) is 9.97. The van der Waals surface area contributed by atoms with Crippen LogP contribution in [-0.2, 0) is 0 Å². The number of rotatable bonds is 6. The SMILES string of the molecule is Fc1ccc2nccc(Cl)c2c1.O[C@@H]1CCCC[C@H]1Nc1nc2ccc(Oc3ccnc4ccc(F)cc34)cc2s1.Oc1ccc2nc(N[C@@H]3CCCC[C@H]3O)sc2c1. The number of aromatic nitrogens is 4. The van der Waals surface area contributed by atoms with Crippen LogP contribution in [-0.4, -0.2) is 59.5 Å². The smallest absolute Gasteiger partial charge is 0.184 e. The zero-order valence-corrected chi connectivity index (χ0v) is 34.1. The summed E-state index contributed by atoms with van der Waals surface area (Å²) in [4.78, 5) is 17.4. The molecule has 2 aliphatic rings. The first-order valence-corrected chi connectivity index (χ1v) is 21.5. The van der Waals surface area contributed by atoms with Gasteiger partial charge in [0.2, 0.25) is 0 Å². The molecule has 4 aromatic heterocycles. The molecule has 10 nitrogen and oxygen atoms in total. The van der Waals surface area contributed by atoms with Gasteiger partial charge in [0, 0.05) is 29.2 Å². The van der Waals surface area contributed by atoms with Crippen molar-refractivity contribution < 1.29 is 28.8 Å². The fourth-order valence-electron chi connectivity index (χ4n) is 7.28. The van der Waals surface area contributed by atoms with Crippen LogP contribution in [0.15, 0.2) is 97.3 Å². The van der Waals surface area contributed by atoms with E-state index in [0.29, 0.717) is 38.3 Å². The Morgan fingerprint density at radius 3 is 1.76 bits per heavy atom. The monoisotopic (exact) mass is 854 g/mol. The van der Waals surface area contributed by atoms with E-state index in [1.54, 1.807) is 48.8 Å². The van der Waals surface area contributed by atoms with Crippen LogP contribution in [0.4, 0.5) is 19.0 Å². The Hall–Kier alpha value is -5.25. The first-order chi connectivity index (χ1) is 28.6. The highest BCUT2D eigenvalue weighted by Crippen LogP contribution is 2.35. The normalized spacial score (nSPS) is 19.1. The molecule has 0 unspecified atom stereocenters. The molecule has 0 amide bonds. The topological polar surface area (TPSA) is 146 Å². The van der Waals surface area contributed by atoms with Crippen LogP contribution in [0.25, 0.3) is 42.2 Å². The third-order valence-electron chi connectivity index (χ3n) is 10.4. The zero-order valence-electron chi connectivity index (χ0n) is 31.7. The molecular weight excluding hydrogens is 814 g/mol. The number of aromatic hydroxyl groups is 1. The predicted octanol–water partition coefficient (Wildman–Crippen LogP) is 11.2. The van der Waals surface area contributed by atoms with Gasteiger partial charge in [-0.1, -0.05) is 60.0 Å². The molecule has 0 bridgehead atoms. The summed E-state index contributed by atoms with van der Waals surface area (Å²) < 4.78 is 34.4. The summed E-state index contributed by atoms with van der Waals surface area (Å²) in [6.07, 6.45) is 10.7. The zero-order chi connectivity index (χ0) is 40.9. The van der Waals surface area contributed by atoms with Crippen molar-refractivity contribution in [3.8, 4) is 17.2 Å². The minimum atomic E-state index is -0.325. The van der Waals surface area contributed by atoms with Crippen LogP contribution in [0.3, 0.4) is 0 Å². The second-order valence-corrected chi connectivity index (χ2v) is 17.0. The number of halogens is 3. The van der Waals surface area contributed by atoms with Crippen molar-refractivity contribution in [2.45, 2.75) is 75.7 Å². The number of aliphatic hydroxyl groups is 2. The van der Waals surface area contributed by atoms with E-state index in [1.165, 1.54) is 46.9 Å². The number of ether oxygens (including phenoxy) is 1. The molecule has 2 fully saturated rings. The van der Waals surface area contributed by atoms with Crippen molar-refractivity contribution in [3.63, 3.8) is 0 Å². The lowest BCUT2D eigenvalue weighted by Crippen LogP contribution is -2.36. The highest BCUT2D eigenvalue weighted by molar-refractivity contribution is 7.22. The summed E-state index contributed by atoms with van der Waals surface area (Å²) in [5, 5.41) is 39.7. The maximum absolute atomic E-state index is 13.7. The molecule has 4 heterocycles. The Kier molecular flexibility index (Phi) is 12.6. The number of aliphatic hydroxyl groups excluding tert-OH is 2. The van der Waals surface area contributed by atoms with Gasteiger partial charge in [-0.05, 0) is 105 Å². The van der Waals surface area contributed by atoms with Gasteiger partial charge in [0.25, 0.3) is 0 Å². The molecule has 10 rings (SSSR count). The average Bonchev–Trinajstić information content (AvgIpc) is 3.83. The minimum absolute atomic E-state index is 0.0538. The number of anilines is 2. The maximum atomic E-state index is 13.7. The van der Waals surface area contributed by atoms with E-state index in [0.717, 1.165) is 82.1 Å². The van der Waals surface area contributed by atoms with Gasteiger partial charge in [-0.3, -0.25) is 9.97 Å².